The smallest absolute Gasteiger partial charge is 0.174 e. The molecule has 1 atom stereocenters. The van der Waals surface area contributed by atoms with E-state index in [1.165, 1.54) is 5.56 Å². The molecule has 0 amide bonds. The lowest BCUT2D eigenvalue weighted by molar-refractivity contribution is 0.368. The van der Waals surface area contributed by atoms with Crippen molar-refractivity contribution in [1.29, 1.82) is 5.26 Å². The van der Waals surface area contributed by atoms with Gasteiger partial charge in [0.2, 0.25) is 0 Å². The summed E-state index contributed by atoms with van der Waals surface area (Å²) in [7, 11) is 0. The summed E-state index contributed by atoms with van der Waals surface area (Å²) in [6, 6.07) is 13.7. The van der Waals surface area contributed by atoms with Crippen LogP contribution in [0.3, 0.4) is 0 Å². The molecule has 0 spiro atoms. The lowest BCUT2D eigenvalue weighted by Gasteiger charge is -2.15. The van der Waals surface area contributed by atoms with E-state index < -0.39 is 0 Å². The lowest BCUT2D eigenvalue weighted by atomic mass is 10.1. The fraction of sp³-hybridized carbons (Fsp3) is 0.200. The fourth-order valence-electron chi connectivity index (χ4n) is 1.75. The van der Waals surface area contributed by atoms with Gasteiger partial charge in [0, 0.05) is 24.1 Å². The van der Waals surface area contributed by atoms with Crippen LogP contribution < -0.4 is 10.1 Å². The Hall–Kier alpha value is -2.54. The predicted octanol–water partition coefficient (Wildman–Crippen LogP) is 3.16. The Bertz CT molecular complexity index is 546. The molecule has 0 aliphatic carbocycles. The van der Waals surface area contributed by atoms with Crippen molar-refractivity contribution in [2.75, 3.05) is 11.9 Å². The first-order chi connectivity index (χ1) is 9.29. The van der Waals surface area contributed by atoms with Crippen LogP contribution in [0.15, 0.2) is 48.8 Å². The zero-order chi connectivity index (χ0) is 13.5. The summed E-state index contributed by atoms with van der Waals surface area (Å²) in [4.78, 5) is 4.00. The number of ether oxygens (including phenoxy) is 1. The third kappa shape index (κ3) is 3.71. The summed E-state index contributed by atoms with van der Waals surface area (Å²) in [5.74, 6) is 0.698. The summed E-state index contributed by atoms with van der Waals surface area (Å²) in [5.41, 5.74) is 2.19. The number of nitriles is 1. The topological polar surface area (TPSA) is 57.9 Å². The van der Waals surface area contributed by atoms with Crippen LogP contribution in [0, 0.1) is 11.3 Å². The molecule has 1 heterocycles. The van der Waals surface area contributed by atoms with Crippen molar-refractivity contribution < 1.29 is 4.74 Å². The largest absolute Gasteiger partial charge is 0.479 e. The Labute approximate surface area is 112 Å². The van der Waals surface area contributed by atoms with E-state index in [0.29, 0.717) is 5.75 Å². The molecular formula is C15H15N3O. The molecule has 0 saturated carbocycles. The molecule has 1 aromatic heterocycles. The van der Waals surface area contributed by atoms with E-state index >= 15 is 0 Å². The van der Waals surface area contributed by atoms with Gasteiger partial charge in [-0.1, -0.05) is 0 Å². The van der Waals surface area contributed by atoms with Gasteiger partial charge in [-0.3, -0.25) is 4.98 Å². The van der Waals surface area contributed by atoms with E-state index in [0.717, 1.165) is 5.69 Å². The maximum Gasteiger partial charge on any atom is 0.174 e. The number of rotatable bonds is 5. The lowest BCUT2D eigenvalue weighted by Crippen LogP contribution is -2.06. The maximum absolute atomic E-state index is 8.43. The van der Waals surface area contributed by atoms with E-state index in [2.05, 4.69) is 17.2 Å². The van der Waals surface area contributed by atoms with Gasteiger partial charge in [-0.05, 0) is 48.9 Å². The van der Waals surface area contributed by atoms with E-state index in [4.69, 9.17) is 10.00 Å². The SMILES string of the molecule is CC(Nc1ccc(OCC#N)cc1)c1ccncc1. The molecule has 96 valence electrons. The van der Waals surface area contributed by atoms with E-state index in [-0.39, 0.29) is 12.6 Å². The number of benzene rings is 1. The number of aromatic nitrogens is 1. The van der Waals surface area contributed by atoms with Crippen LogP contribution in [0.5, 0.6) is 5.75 Å². The zero-order valence-electron chi connectivity index (χ0n) is 10.7. The van der Waals surface area contributed by atoms with E-state index in [1.807, 2.05) is 42.5 Å². The molecule has 2 rings (SSSR count). The van der Waals surface area contributed by atoms with Gasteiger partial charge in [-0.25, -0.2) is 0 Å². The van der Waals surface area contributed by atoms with E-state index in [1.54, 1.807) is 12.4 Å². The Morgan fingerprint density at radius 3 is 2.53 bits per heavy atom. The first-order valence-electron chi connectivity index (χ1n) is 6.06. The second-order valence-corrected chi connectivity index (χ2v) is 4.12. The number of nitrogens with one attached hydrogen (secondary N) is 1. The minimum atomic E-state index is 0.0696. The van der Waals surface area contributed by atoms with Gasteiger partial charge in [-0.15, -0.1) is 0 Å². The number of hydrogen-bond donors (Lipinski definition) is 1. The molecule has 4 nitrogen and oxygen atoms in total. The zero-order valence-corrected chi connectivity index (χ0v) is 10.7. The average Bonchev–Trinajstić information content (AvgIpc) is 2.47. The van der Waals surface area contributed by atoms with Gasteiger partial charge < -0.3 is 10.1 Å². The van der Waals surface area contributed by atoms with Crippen molar-refractivity contribution in [3.05, 3.63) is 54.4 Å². The Morgan fingerprint density at radius 1 is 1.21 bits per heavy atom. The molecular weight excluding hydrogens is 238 g/mol. The highest BCUT2D eigenvalue weighted by Crippen LogP contribution is 2.21. The van der Waals surface area contributed by atoms with Crippen LogP contribution >= 0.6 is 0 Å². The van der Waals surface area contributed by atoms with E-state index in [9.17, 15) is 0 Å². The van der Waals surface area contributed by atoms with Gasteiger partial charge in [0.05, 0.1) is 0 Å². The van der Waals surface area contributed by atoms with Gasteiger partial charge in [-0.2, -0.15) is 5.26 Å². The monoisotopic (exact) mass is 253 g/mol. The van der Waals surface area contributed by atoms with Crippen molar-refractivity contribution in [2.24, 2.45) is 0 Å². The molecule has 1 aromatic carbocycles. The summed E-state index contributed by atoms with van der Waals surface area (Å²) < 4.78 is 5.20. The molecule has 1 unspecified atom stereocenters. The Kier molecular flexibility index (Phi) is 4.35. The molecule has 0 fully saturated rings. The first kappa shape index (κ1) is 12.9. The minimum absolute atomic E-state index is 0.0696. The molecule has 0 bridgehead atoms. The average molecular weight is 253 g/mol. The van der Waals surface area contributed by atoms with Crippen LogP contribution in [0.1, 0.15) is 18.5 Å². The molecule has 0 radical (unpaired) electrons. The molecule has 4 heteroatoms. The summed E-state index contributed by atoms with van der Waals surface area (Å²) >= 11 is 0. The summed E-state index contributed by atoms with van der Waals surface area (Å²) in [6.45, 7) is 2.16. The summed E-state index contributed by atoms with van der Waals surface area (Å²) in [6.07, 6.45) is 3.57. The summed E-state index contributed by atoms with van der Waals surface area (Å²) in [5, 5.41) is 11.8. The Balaban J connectivity index is 1.98. The molecule has 0 saturated heterocycles. The number of anilines is 1. The molecule has 1 N–H and O–H groups in total. The van der Waals surface area contributed by atoms with Crippen molar-refractivity contribution in [1.82, 2.24) is 4.98 Å². The van der Waals surface area contributed by atoms with Crippen molar-refractivity contribution in [3.63, 3.8) is 0 Å². The predicted molar refractivity (Wildman–Crippen MR) is 73.8 cm³/mol. The molecule has 0 aliphatic heterocycles. The van der Waals surface area contributed by atoms with Crippen LogP contribution in [-0.4, -0.2) is 11.6 Å². The van der Waals surface area contributed by atoms with Gasteiger partial charge in [0.15, 0.2) is 6.61 Å². The molecule has 19 heavy (non-hydrogen) atoms. The Morgan fingerprint density at radius 2 is 1.89 bits per heavy atom. The van der Waals surface area contributed by atoms with Crippen molar-refractivity contribution >= 4 is 5.69 Å². The van der Waals surface area contributed by atoms with Crippen LogP contribution in [-0.2, 0) is 0 Å². The van der Waals surface area contributed by atoms with Crippen LogP contribution in [0.25, 0.3) is 0 Å². The normalized spacial score (nSPS) is 11.4. The number of pyridine rings is 1. The van der Waals surface area contributed by atoms with Crippen LogP contribution in [0.4, 0.5) is 5.69 Å². The third-order valence-electron chi connectivity index (χ3n) is 2.75. The molecule has 0 aliphatic rings. The highest BCUT2D eigenvalue weighted by atomic mass is 16.5. The van der Waals surface area contributed by atoms with Gasteiger partial charge >= 0.3 is 0 Å². The second kappa shape index (κ2) is 6.41. The standard InChI is InChI=1S/C15H15N3O/c1-12(13-6-9-17-10-7-13)18-14-2-4-15(5-3-14)19-11-8-16/h2-7,9-10,12,18H,11H2,1H3. The van der Waals surface area contributed by atoms with Crippen LogP contribution in [0.2, 0.25) is 0 Å². The van der Waals surface area contributed by atoms with Crippen molar-refractivity contribution in [3.8, 4) is 11.8 Å². The van der Waals surface area contributed by atoms with Gasteiger partial charge in [0.25, 0.3) is 0 Å². The maximum atomic E-state index is 8.43. The third-order valence-corrected chi connectivity index (χ3v) is 2.75. The number of nitrogens with zero attached hydrogens (tertiary/aromatic N) is 2. The first-order valence-corrected chi connectivity index (χ1v) is 6.06. The highest BCUT2D eigenvalue weighted by Gasteiger charge is 2.04. The molecule has 2 aromatic rings. The van der Waals surface area contributed by atoms with Crippen molar-refractivity contribution in [2.45, 2.75) is 13.0 Å². The quantitative estimate of drug-likeness (QED) is 0.889. The minimum Gasteiger partial charge on any atom is -0.479 e. The van der Waals surface area contributed by atoms with Gasteiger partial charge in [0.1, 0.15) is 11.8 Å². The number of hydrogen-bond acceptors (Lipinski definition) is 4. The highest BCUT2D eigenvalue weighted by molar-refractivity contribution is 5.48. The fourth-order valence-corrected chi connectivity index (χ4v) is 1.75. The second-order valence-electron chi connectivity index (χ2n) is 4.12.